The predicted octanol–water partition coefficient (Wildman–Crippen LogP) is 5.35. The first-order valence-electron chi connectivity index (χ1n) is 16.4. The number of carbonyl (C=O) groups excluding carboxylic acids is 2. The lowest BCUT2D eigenvalue weighted by Crippen LogP contribution is -2.33. The van der Waals surface area contributed by atoms with Crippen molar-refractivity contribution in [1.29, 1.82) is 0 Å². The van der Waals surface area contributed by atoms with Crippen molar-refractivity contribution < 1.29 is 42.1 Å². The first-order valence-corrected chi connectivity index (χ1v) is 16.4. The maximum Gasteiger partial charge on any atom is 0.319 e. The van der Waals surface area contributed by atoms with Crippen molar-refractivity contribution in [3.05, 3.63) is 119 Å². The first-order chi connectivity index (χ1) is 24.6. The number of halogens is 2. The van der Waals surface area contributed by atoms with Gasteiger partial charge in [0.2, 0.25) is 5.91 Å². The van der Waals surface area contributed by atoms with Crippen LogP contribution in [-0.2, 0) is 40.4 Å². The zero-order valence-electron chi connectivity index (χ0n) is 29.8. The maximum atomic E-state index is 13.2. The van der Waals surface area contributed by atoms with Crippen LogP contribution in [0.4, 0.5) is 8.78 Å². The number of hydrogen-bond donors (Lipinski definition) is 2. The molecular weight excluding hydrogens is 660 g/mol. The minimum Gasteiger partial charge on any atom is -0.493 e. The molecule has 51 heavy (non-hydrogen) atoms. The van der Waals surface area contributed by atoms with Crippen molar-refractivity contribution in [3.8, 4) is 23.0 Å². The number of hydrogen-bond acceptors (Lipinski definition) is 9. The Bertz CT molecular complexity index is 1690. The molecule has 4 aromatic carbocycles. The number of likely N-dealkylation sites (N-methyl/N-ethyl adjacent to an activating group) is 1. The topological polar surface area (TPSA) is 108 Å². The van der Waals surface area contributed by atoms with E-state index in [4.69, 9.17) is 18.9 Å². The summed E-state index contributed by atoms with van der Waals surface area (Å²) in [5.41, 5.74) is 3.63. The predicted molar refractivity (Wildman–Crippen MR) is 191 cm³/mol. The van der Waals surface area contributed by atoms with Gasteiger partial charge in [-0.1, -0.05) is 36.4 Å². The van der Waals surface area contributed by atoms with E-state index in [0.717, 1.165) is 35.1 Å². The Balaban J connectivity index is 0.000000276. The lowest BCUT2D eigenvalue weighted by Gasteiger charge is -2.13. The summed E-state index contributed by atoms with van der Waals surface area (Å²) < 4.78 is 53.2. The van der Waals surface area contributed by atoms with Crippen LogP contribution in [0.2, 0.25) is 0 Å². The molecule has 274 valence electrons. The lowest BCUT2D eigenvalue weighted by molar-refractivity contribution is -0.139. The summed E-state index contributed by atoms with van der Waals surface area (Å²) in [6.07, 6.45) is 1.50. The highest BCUT2D eigenvalue weighted by Gasteiger charge is 2.09. The van der Waals surface area contributed by atoms with Gasteiger partial charge in [0.1, 0.15) is 24.8 Å². The highest BCUT2D eigenvalue weighted by Crippen LogP contribution is 2.30. The molecule has 0 aromatic heterocycles. The number of nitrogens with zero attached hydrogens (tertiary/aromatic N) is 1. The van der Waals surface area contributed by atoms with Crippen LogP contribution in [-0.4, -0.2) is 78.4 Å². The molecule has 0 radical (unpaired) electrons. The minimum atomic E-state index is -0.293. The summed E-state index contributed by atoms with van der Waals surface area (Å²) in [6, 6.07) is 24.0. The average molecular weight is 708 g/mol. The molecule has 4 aromatic rings. The minimum absolute atomic E-state index is 0.0451. The molecule has 1 amide bonds. The lowest BCUT2D eigenvalue weighted by atomic mass is 10.1. The number of nitrogens with one attached hydrogen (secondary N) is 2. The molecule has 0 spiro atoms. The van der Waals surface area contributed by atoms with Crippen LogP contribution in [0.5, 0.6) is 23.0 Å². The maximum absolute atomic E-state index is 13.2. The van der Waals surface area contributed by atoms with E-state index in [9.17, 15) is 18.4 Å². The second-order valence-corrected chi connectivity index (χ2v) is 11.5. The van der Waals surface area contributed by atoms with Gasteiger partial charge in [-0.15, -0.1) is 0 Å². The molecular formula is C39H47F2N3O7. The van der Waals surface area contributed by atoms with E-state index in [-0.39, 0.29) is 43.3 Å². The molecule has 0 heterocycles. The van der Waals surface area contributed by atoms with Crippen molar-refractivity contribution in [2.75, 3.05) is 61.6 Å². The Hall–Kier alpha value is -5.20. The number of rotatable bonds is 18. The second kappa shape index (κ2) is 21.8. The van der Waals surface area contributed by atoms with E-state index < -0.39 is 0 Å². The van der Waals surface area contributed by atoms with Crippen LogP contribution >= 0.6 is 0 Å². The van der Waals surface area contributed by atoms with Gasteiger partial charge in [-0.3, -0.25) is 9.59 Å². The quantitative estimate of drug-likeness (QED) is 0.105. The molecule has 0 saturated carbocycles. The Morgan fingerprint density at radius 3 is 1.49 bits per heavy atom. The third-order valence-corrected chi connectivity index (χ3v) is 7.48. The Kier molecular flexibility index (Phi) is 17.2. The van der Waals surface area contributed by atoms with Crippen LogP contribution in [0.15, 0.2) is 84.9 Å². The highest BCUT2D eigenvalue weighted by molar-refractivity contribution is 5.77. The van der Waals surface area contributed by atoms with E-state index >= 15 is 0 Å². The van der Waals surface area contributed by atoms with Gasteiger partial charge < -0.3 is 39.2 Å². The smallest absolute Gasteiger partial charge is 0.319 e. The normalized spacial score (nSPS) is 10.4. The van der Waals surface area contributed by atoms with Crippen molar-refractivity contribution in [1.82, 2.24) is 15.5 Å². The number of benzene rings is 4. The fourth-order valence-electron chi connectivity index (χ4n) is 4.63. The van der Waals surface area contributed by atoms with Crippen LogP contribution in [0.25, 0.3) is 0 Å². The molecule has 12 heteroatoms. The molecule has 0 bridgehead atoms. The van der Waals surface area contributed by atoms with Gasteiger partial charge in [0.25, 0.3) is 0 Å². The Morgan fingerprint density at radius 2 is 1.08 bits per heavy atom. The van der Waals surface area contributed by atoms with E-state index in [1.807, 2.05) is 42.5 Å². The first kappa shape index (κ1) is 40.2. The molecule has 0 atom stereocenters. The fourth-order valence-corrected chi connectivity index (χ4v) is 4.63. The van der Waals surface area contributed by atoms with Gasteiger partial charge in [-0.05, 0) is 96.7 Å². The van der Waals surface area contributed by atoms with E-state index in [1.165, 1.54) is 31.4 Å². The fraction of sp³-hybridized carbons (Fsp3) is 0.333. The summed E-state index contributed by atoms with van der Waals surface area (Å²) in [6.45, 7) is 2.35. The summed E-state index contributed by atoms with van der Waals surface area (Å²) in [5.74, 6) is 1.62. The van der Waals surface area contributed by atoms with E-state index in [0.29, 0.717) is 42.6 Å². The second-order valence-electron chi connectivity index (χ2n) is 11.5. The van der Waals surface area contributed by atoms with Gasteiger partial charge >= 0.3 is 5.97 Å². The zero-order chi connectivity index (χ0) is 37.0. The molecule has 0 saturated heterocycles. The summed E-state index contributed by atoms with van der Waals surface area (Å²) in [4.78, 5) is 24.1. The molecule has 0 aliphatic rings. The van der Waals surface area contributed by atoms with Crippen molar-refractivity contribution >= 4 is 11.9 Å². The number of amides is 1. The standard InChI is InChI=1S/C20H25FN2O3.C19H22FNO4/c1-23(2)20(24)13-22-10-9-15-7-8-18(19(12-15)25-3)26-14-16-5-4-6-17(21)11-16;1-23-18-11-14(8-9-21-12-19(22)24-2)6-7-17(18)25-13-15-4-3-5-16(20)10-15/h4-8,11-12,22H,9-10,13-14H2,1-3H3;3-7,10-11,21H,8-9,12-13H2,1-2H3. The zero-order valence-corrected chi connectivity index (χ0v) is 29.8. The Morgan fingerprint density at radius 1 is 0.608 bits per heavy atom. The number of esters is 1. The summed E-state index contributed by atoms with van der Waals surface area (Å²) in [7, 11) is 7.98. The van der Waals surface area contributed by atoms with Gasteiger partial charge in [0, 0.05) is 14.1 Å². The number of methoxy groups -OCH3 is 3. The SMILES string of the molecule is COC(=O)CNCCc1ccc(OCc2cccc(F)c2)c(OC)c1.COc1cc(CCNCC(=O)N(C)C)ccc1OCc1cccc(F)c1. The van der Waals surface area contributed by atoms with Gasteiger partial charge in [-0.25, -0.2) is 8.78 Å². The van der Waals surface area contributed by atoms with E-state index in [2.05, 4.69) is 15.4 Å². The van der Waals surface area contributed by atoms with Crippen LogP contribution in [0.3, 0.4) is 0 Å². The number of carbonyl (C=O) groups is 2. The van der Waals surface area contributed by atoms with Crippen LogP contribution < -0.4 is 29.6 Å². The van der Waals surface area contributed by atoms with Crippen LogP contribution in [0, 0.1) is 11.6 Å². The van der Waals surface area contributed by atoms with Crippen LogP contribution in [0.1, 0.15) is 22.3 Å². The number of ether oxygens (including phenoxy) is 5. The third kappa shape index (κ3) is 14.7. The molecule has 0 unspecified atom stereocenters. The molecule has 0 aliphatic carbocycles. The molecule has 0 fully saturated rings. The third-order valence-electron chi connectivity index (χ3n) is 7.48. The summed E-state index contributed by atoms with van der Waals surface area (Å²) in [5, 5.41) is 6.13. The van der Waals surface area contributed by atoms with Crippen molar-refractivity contribution in [3.63, 3.8) is 0 Å². The largest absolute Gasteiger partial charge is 0.493 e. The monoisotopic (exact) mass is 707 g/mol. The Labute approximate surface area is 298 Å². The van der Waals surface area contributed by atoms with Gasteiger partial charge in [0.05, 0.1) is 34.4 Å². The highest BCUT2D eigenvalue weighted by atomic mass is 19.1. The van der Waals surface area contributed by atoms with E-state index in [1.54, 1.807) is 51.4 Å². The van der Waals surface area contributed by atoms with Gasteiger partial charge in [-0.2, -0.15) is 0 Å². The molecule has 4 rings (SSSR count). The summed E-state index contributed by atoms with van der Waals surface area (Å²) >= 11 is 0. The average Bonchev–Trinajstić information content (AvgIpc) is 3.13. The van der Waals surface area contributed by atoms with Gasteiger partial charge in [0.15, 0.2) is 23.0 Å². The molecule has 10 nitrogen and oxygen atoms in total. The molecule has 2 N–H and O–H groups in total. The van der Waals surface area contributed by atoms with Crippen molar-refractivity contribution in [2.45, 2.75) is 26.1 Å². The molecule has 0 aliphatic heterocycles. The van der Waals surface area contributed by atoms with Crippen molar-refractivity contribution in [2.24, 2.45) is 0 Å².